The van der Waals surface area contributed by atoms with Crippen molar-refractivity contribution in [1.82, 2.24) is 4.90 Å². The second-order valence-electron chi connectivity index (χ2n) is 5.20. The zero-order valence-electron chi connectivity index (χ0n) is 12.5. The van der Waals surface area contributed by atoms with E-state index in [1.54, 1.807) is 35.4 Å². The van der Waals surface area contributed by atoms with Crippen molar-refractivity contribution in [3.05, 3.63) is 43.5 Å². The molecule has 122 valence electrons. The SMILES string of the molecule is CN(Cc1ccc(Br)s1)C(=O)c1cc(Cl)c2c(c1)OCCCO2. The van der Waals surface area contributed by atoms with Crippen LogP contribution in [0.5, 0.6) is 11.5 Å². The second-order valence-corrected chi connectivity index (χ2v) is 8.16. The fraction of sp³-hybridized carbons (Fsp3) is 0.312. The molecule has 2 aromatic rings. The zero-order valence-corrected chi connectivity index (χ0v) is 15.6. The van der Waals surface area contributed by atoms with Crippen LogP contribution in [0, 0.1) is 0 Å². The Kier molecular flexibility index (Phi) is 5.14. The molecular weight excluding hydrogens is 402 g/mol. The van der Waals surface area contributed by atoms with E-state index in [2.05, 4.69) is 15.9 Å². The minimum atomic E-state index is -0.105. The molecular formula is C16H15BrClNO3S. The highest BCUT2D eigenvalue weighted by Crippen LogP contribution is 2.38. The molecule has 1 aliphatic rings. The minimum absolute atomic E-state index is 0.105. The Morgan fingerprint density at radius 3 is 2.87 bits per heavy atom. The molecule has 7 heteroatoms. The minimum Gasteiger partial charge on any atom is -0.489 e. The number of hydrogen-bond acceptors (Lipinski definition) is 4. The first-order valence-corrected chi connectivity index (χ1v) is 9.12. The second kappa shape index (κ2) is 7.11. The molecule has 1 aromatic carbocycles. The average molecular weight is 417 g/mol. The van der Waals surface area contributed by atoms with Crippen LogP contribution in [0.4, 0.5) is 0 Å². The molecule has 1 amide bonds. The number of halogens is 2. The number of thiophene rings is 1. The van der Waals surface area contributed by atoms with Gasteiger partial charge in [-0.15, -0.1) is 11.3 Å². The molecule has 0 saturated heterocycles. The van der Waals surface area contributed by atoms with Crippen LogP contribution in [-0.2, 0) is 6.54 Å². The summed E-state index contributed by atoms with van der Waals surface area (Å²) in [6.45, 7) is 1.66. The Hall–Kier alpha value is -1.24. The number of ether oxygens (including phenoxy) is 2. The maximum Gasteiger partial charge on any atom is 0.254 e. The van der Waals surface area contributed by atoms with Crippen molar-refractivity contribution in [2.75, 3.05) is 20.3 Å². The molecule has 4 nitrogen and oxygen atoms in total. The summed E-state index contributed by atoms with van der Waals surface area (Å²) in [7, 11) is 1.77. The quantitative estimate of drug-likeness (QED) is 0.734. The molecule has 0 atom stereocenters. The molecule has 0 aliphatic carbocycles. The molecule has 0 bridgehead atoms. The van der Waals surface area contributed by atoms with E-state index >= 15 is 0 Å². The Labute approximate surface area is 152 Å². The molecule has 0 N–H and O–H groups in total. The number of hydrogen-bond donors (Lipinski definition) is 0. The van der Waals surface area contributed by atoms with Gasteiger partial charge in [0.1, 0.15) is 0 Å². The maximum atomic E-state index is 12.6. The highest BCUT2D eigenvalue weighted by Gasteiger charge is 2.20. The Morgan fingerprint density at radius 1 is 1.35 bits per heavy atom. The molecule has 0 fully saturated rings. The van der Waals surface area contributed by atoms with Gasteiger partial charge in [0, 0.05) is 23.9 Å². The van der Waals surface area contributed by atoms with E-state index in [0.717, 1.165) is 15.1 Å². The fourth-order valence-electron chi connectivity index (χ4n) is 2.32. The van der Waals surface area contributed by atoms with Crippen LogP contribution in [0.15, 0.2) is 28.1 Å². The van der Waals surface area contributed by atoms with E-state index in [0.29, 0.717) is 41.8 Å². The monoisotopic (exact) mass is 415 g/mol. The number of carbonyl (C=O) groups is 1. The summed E-state index contributed by atoms with van der Waals surface area (Å²) in [6.07, 6.45) is 0.793. The van der Waals surface area contributed by atoms with Gasteiger partial charge in [0.2, 0.25) is 0 Å². The lowest BCUT2D eigenvalue weighted by Gasteiger charge is -2.18. The van der Waals surface area contributed by atoms with E-state index in [1.165, 1.54) is 0 Å². The van der Waals surface area contributed by atoms with Gasteiger partial charge in [0.25, 0.3) is 5.91 Å². The molecule has 0 saturated carbocycles. The van der Waals surface area contributed by atoms with Gasteiger partial charge < -0.3 is 14.4 Å². The van der Waals surface area contributed by atoms with Crippen molar-refractivity contribution in [2.24, 2.45) is 0 Å². The topological polar surface area (TPSA) is 38.8 Å². The average Bonchev–Trinajstić information content (AvgIpc) is 2.78. The number of fused-ring (bicyclic) bond motifs is 1. The Bertz CT molecular complexity index is 734. The van der Waals surface area contributed by atoms with Crippen molar-refractivity contribution in [1.29, 1.82) is 0 Å². The van der Waals surface area contributed by atoms with Crippen LogP contribution >= 0.6 is 38.9 Å². The van der Waals surface area contributed by atoms with E-state index in [4.69, 9.17) is 21.1 Å². The van der Waals surface area contributed by atoms with Crippen molar-refractivity contribution in [3.8, 4) is 11.5 Å². The number of amides is 1. The van der Waals surface area contributed by atoms with Crippen LogP contribution in [0.25, 0.3) is 0 Å². The van der Waals surface area contributed by atoms with Crippen molar-refractivity contribution < 1.29 is 14.3 Å². The third-order valence-electron chi connectivity index (χ3n) is 3.42. The van der Waals surface area contributed by atoms with Crippen LogP contribution in [0.2, 0.25) is 5.02 Å². The molecule has 23 heavy (non-hydrogen) atoms. The Morgan fingerprint density at radius 2 is 2.13 bits per heavy atom. The summed E-state index contributed by atoms with van der Waals surface area (Å²) in [5.41, 5.74) is 0.498. The first-order chi connectivity index (χ1) is 11.0. The van der Waals surface area contributed by atoms with E-state index in [1.807, 2.05) is 12.1 Å². The van der Waals surface area contributed by atoms with Gasteiger partial charge in [-0.2, -0.15) is 0 Å². The third kappa shape index (κ3) is 3.82. The first kappa shape index (κ1) is 16.6. The van der Waals surface area contributed by atoms with E-state index in [9.17, 15) is 4.79 Å². The lowest BCUT2D eigenvalue weighted by atomic mass is 10.1. The summed E-state index contributed by atoms with van der Waals surface area (Å²) >= 11 is 11.3. The molecule has 1 aliphatic heterocycles. The lowest BCUT2D eigenvalue weighted by Crippen LogP contribution is -2.25. The normalized spacial score (nSPS) is 13.5. The van der Waals surface area contributed by atoms with Gasteiger partial charge in [-0.3, -0.25) is 4.79 Å². The maximum absolute atomic E-state index is 12.6. The lowest BCUT2D eigenvalue weighted by molar-refractivity contribution is 0.0786. The number of nitrogens with zero attached hydrogens (tertiary/aromatic N) is 1. The van der Waals surface area contributed by atoms with Crippen molar-refractivity contribution in [2.45, 2.75) is 13.0 Å². The molecule has 0 radical (unpaired) electrons. The summed E-state index contributed by atoms with van der Waals surface area (Å²) in [5, 5.41) is 0.403. The molecule has 3 rings (SSSR count). The van der Waals surface area contributed by atoms with Crippen LogP contribution in [0.1, 0.15) is 21.7 Å². The van der Waals surface area contributed by atoms with Crippen molar-refractivity contribution in [3.63, 3.8) is 0 Å². The number of benzene rings is 1. The third-order valence-corrected chi connectivity index (χ3v) is 5.31. The zero-order chi connectivity index (χ0) is 16.4. The summed E-state index contributed by atoms with van der Waals surface area (Å²) < 4.78 is 12.3. The smallest absolute Gasteiger partial charge is 0.254 e. The van der Waals surface area contributed by atoms with Gasteiger partial charge in [0.15, 0.2) is 11.5 Å². The van der Waals surface area contributed by atoms with Crippen LogP contribution in [-0.4, -0.2) is 31.1 Å². The van der Waals surface area contributed by atoms with E-state index < -0.39 is 0 Å². The highest BCUT2D eigenvalue weighted by atomic mass is 79.9. The van der Waals surface area contributed by atoms with Gasteiger partial charge in [-0.05, 0) is 40.2 Å². The van der Waals surface area contributed by atoms with Gasteiger partial charge in [-0.1, -0.05) is 11.6 Å². The summed E-state index contributed by atoms with van der Waals surface area (Å²) in [6, 6.07) is 7.32. The molecule has 0 spiro atoms. The van der Waals surface area contributed by atoms with Gasteiger partial charge >= 0.3 is 0 Å². The Balaban J connectivity index is 1.81. The molecule has 1 aromatic heterocycles. The predicted molar refractivity (Wildman–Crippen MR) is 94.9 cm³/mol. The number of rotatable bonds is 3. The van der Waals surface area contributed by atoms with Crippen molar-refractivity contribution >= 4 is 44.8 Å². The van der Waals surface area contributed by atoms with Gasteiger partial charge in [-0.25, -0.2) is 0 Å². The molecule has 0 unspecified atom stereocenters. The first-order valence-electron chi connectivity index (χ1n) is 7.13. The summed E-state index contributed by atoms with van der Waals surface area (Å²) in [5.74, 6) is 0.947. The predicted octanol–water partition coefficient (Wildman–Crippen LogP) is 4.60. The standard InChI is InChI=1S/C16H15BrClNO3S/c1-19(9-11-3-4-14(17)23-11)16(20)10-7-12(18)15-13(8-10)21-5-2-6-22-15/h3-4,7-8H,2,5-6,9H2,1H3. The van der Waals surface area contributed by atoms with Gasteiger partial charge in [0.05, 0.1) is 28.6 Å². The van der Waals surface area contributed by atoms with Crippen LogP contribution < -0.4 is 9.47 Å². The fourth-order valence-corrected chi connectivity index (χ4v) is 4.12. The summed E-state index contributed by atoms with van der Waals surface area (Å²) in [4.78, 5) is 15.4. The number of carbonyl (C=O) groups excluding carboxylic acids is 1. The van der Waals surface area contributed by atoms with Crippen LogP contribution in [0.3, 0.4) is 0 Å². The highest BCUT2D eigenvalue weighted by molar-refractivity contribution is 9.11. The molecule has 2 heterocycles. The van der Waals surface area contributed by atoms with E-state index in [-0.39, 0.29) is 5.91 Å². The largest absolute Gasteiger partial charge is 0.489 e.